The number of hydrogen-bond donors (Lipinski definition) is 0. The molecule has 0 amide bonds. The maximum absolute atomic E-state index is 4.18. The fourth-order valence-electron chi connectivity index (χ4n) is 0.803. The van der Waals surface area contributed by atoms with Crippen LogP contribution in [0.25, 0.3) is 0 Å². The number of rotatable bonds is 3. The smallest absolute Gasteiger partial charge is 0.0418 e. The van der Waals surface area contributed by atoms with Gasteiger partial charge in [0.1, 0.15) is 0 Å². The number of nitrogens with zero attached hydrogens (tertiary/aromatic N) is 1. The lowest BCUT2D eigenvalue weighted by Crippen LogP contribution is -1.81. The molecule has 0 atom stereocenters. The summed E-state index contributed by atoms with van der Waals surface area (Å²) in [6.07, 6.45) is 3.92. The van der Waals surface area contributed by atoms with Crippen molar-refractivity contribution < 1.29 is 0 Å². The average molecular weight is 146 g/mol. The first-order chi connectivity index (χ1) is 5.43. The summed E-state index contributed by atoms with van der Waals surface area (Å²) in [6.45, 7) is 2.80. The molecule has 0 spiro atoms. The van der Waals surface area contributed by atoms with Crippen LogP contribution in [0.1, 0.15) is 12.5 Å². The van der Waals surface area contributed by atoms with E-state index in [9.17, 15) is 0 Å². The van der Waals surface area contributed by atoms with Crippen LogP contribution < -0.4 is 0 Å². The van der Waals surface area contributed by atoms with Crippen molar-refractivity contribution in [3.8, 4) is 0 Å². The largest absolute Gasteiger partial charge is 0.292 e. The molecule has 11 heavy (non-hydrogen) atoms. The van der Waals surface area contributed by atoms with Crippen LogP contribution >= 0.6 is 0 Å². The van der Waals surface area contributed by atoms with Crippen molar-refractivity contribution in [2.75, 3.05) is 6.54 Å². The summed E-state index contributed by atoms with van der Waals surface area (Å²) in [6, 6.07) is 10.1. The summed E-state index contributed by atoms with van der Waals surface area (Å²) >= 11 is 0. The van der Waals surface area contributed by atoms with E-state index in [4.69, 9.17) is 0 Å². The Morgan fingerprint density at radius 2 is 2.00 bits per heavy atom. The lowest BCUT2D eigenvalue weighted by Gasteiger charge is -1.89. The Balaban J connectivity index is 2.50. The molecule has 1 radical (unpaired) electrons. The van der Waals surface area contributed by atoms with E-state index in [-0.39, 0.29) is 0 Å². The summed E-state index contributed by atoms with van der Waals surface area (Å²) in [5.41, 5.74) is 1.16. The van der Waals surface area contributed by atoms with Gasteiger partial charge in [0.15, 0.2) is 0 Å². The van der Waals surface area contributed by atoms with E-state index in [1.807, 2.05) is 49.9 Å². The standard InChI is InChI=1S/C10H12N/c1-2-8-11-9-10-6-4-3-5-7-10/h2-7,9H,8H2,1H3. The van der Waals surface area contributed by atoms with Gasteiger partial charge in [-0.3, -0.25) is 4.99 Å². The molecule has 0 aliphatic rings. The zero-order valence-electron chi connectivity index (χ0n) is 6.70. The molecule has 1 rings (SSSR count). The van der Waals surface area contributed by atoms with Crippen LogP contribution in [0, 0.1) is 6.42 Å². The van der Waals surface area contributed by atoms with Crippen molar-refractivity contribution in [3.63, 3.8) is 0 Å². The molecule has 0 heterocycles. The normalized spacial score (nSPS) is 10.6. The van der Waals surface area contributed by atoms with Crippen LogP contribution in [0.4, 0.5) is 0 Å². The van der Waals surface area contributed by atoms with Crippen LogP contribution in [0.5, 0.6) is 0 Å². The van der Waals surface area contributed by atoms with Crippen LogP contribution in [0.3, 0.4) is 0 Å². The van der Waals surface area contributed by atoms with Crippen molar-refractivity contribution in [2.45, 2.75) is 6.92 Å². The Labute approximate surface area is 67.8 Å². The fraction of sp³-hybridized carbons (Fsp3) is 0.200. The van der Waals surface area contributed by atoms with Gasteiger partial charge in [0.25, 0.3) is 0 Å². The number of benzene rings is 1. The van der Waals surface area contributed by atoms with Gasteiger partial charge in [-0.05, 0) is 12.0 Å². The molecule has 0 unspecified atom stereocenters. The Bertz CT molecular complexity index is 214. The van der Waals surface area contributed by atoms with Gasteiger partial charge in [-0.15, -0.1) is 0 Å². The lowest BCUT2D eigenvalue weighted by molar-refractivity contribution is 1.14. The molecule has 0 N–H and O–H groups in total. The van der Waals surface area contributed by atoms with Crippen molar-refractivity contribution in [1.82, 2.24) is 0 Å². The summed E-state index contributed by atoms with van der Waals surface area (Å²) in [5, 5.41) is 0. The summed E-state index contributed by atoms with van der Waals surface area (Å²) in [5.74, 6) is 0. The molecule has 0 aliphatic heterocycles. The third kappa shape index (κ3) is 2.99. The molecule has 1 aromatic carbocycles. The fourth-order valence-corrected chi connectivity index (χ4v) is 0.803. The van der Waals surface area contributed by atoms with Gasteiger partial charge >= 0.3 is 0 Å². The van der Waals surface area contributed by atoms with E-state index in [1.54, 1.807) is 0 Å². The molecule has 0 fully saturated rings. The number of aliphatic imine (C=N–C) groups is 1. The van der Waals surface area contributed by atoms with Crippen molar-refractivity contribution >= 4 is 6.21 Å². The highest BCUT2D eigenvalue weighted by molar-refractivity contribution is 5.79. The second-order valence-electron chi connectivity index (χ2n) is 2.31. The molecular formula is C10H12N. The summed E-state index contributed by atoms with van der Waals surface area (Å²) in [4.78, 5) is 4.18. The van der Waals surface area contributed by atoms with Crippen molar-refractivity contribution in [2.24, 2.45) is 4.99 Å². The zero-order chi connectivity index (χ0) is 7.94. The maximum atomic E-state index is 4.18. The highest BCUT2D eigenvalue weighted by Gasteiger charge is 1.81. The van der Waals surface area contributed by atoms with E-state index in [1.165, 1.54) is 0 Å². The summed E-state index contributed by atoms with van der Waals surface area (Å²) in [7, 11) is 0. The molecular weight excluding hydrogens is 134 g/mol. The molecule has 1 nitrogen and oxygen atoms in total. The molecule has 0 bridgehead atoms. The molecule has 0 aromatic heterocycles. The first-order valence-electron chi connectivity index (χ1n) is 3.76. The van der Waals surface area contributed by atoms with E-state index in [2.05, 4.69) is 4.99 Å². The first kappa shape index (κ1) is 7.99. The van der Waals surface area contributed by atoms with E-state index in [0.29, 0.717) is 0 Å². The molecule has 0 saturated heterocycles. The van der Waals surface area contributed by atoms with E-state index in [0.717, 1.165) is 12.1 Å². The van der Waals surface area contributed by atoms with Gasteiger partial charge in [-0.1, -0.05) is 37.3 Å². The third-order valence-electron chi connectivity index (χ3n) is 1.33. The summed E-state index contributed by atoms with van der Waals surface area (Å²) < 4.78 is 0. The third-order valence-corrected chi connectivity index (χ3v) is 1.33. The van der Waals surface area contributed by atoms with Gasteiger partial charge in [0.2, 0.25) is 0 Å². The molecule has 1 heteroatoms. The number of hydrogen-bond acceptors (Lipinski definition) is 1. The van der Waals surface area contributed by atoms with Crippen molar-refractivity contribution in [1.29, 1.82) is 0 Å². The minimum absolute atomic E-state index is 0.800. The van der Waals surface area contributed by atoms with Crippen LogP contribution in [0.2, 0.25) is 0 Å². The Kier molecular flexibility index (Phi) is 3.39. The van der Waals surface area contributed by atoms with Gasteiger partial charge in [0, 0.05) is 12.8 Å². The van der Waals surface area contributed by atoms with Crippen LogP contribution in [-0.2, 0) is 0 Å². The SMILES string of the molecule is C[CH]CN=Cc1ccccc1. The zero-order valence-corrected chi connectivity index (χ0v) is 6.70. The highest BCUT2D eigenvalue weighted by Crippen LogP contribution is 1.93. The second kappa shape index (κ2) is 4.67. The molecule has 1 aromatic rings. The minimum Gasteiger partial charge on any atom is -0.292 e. The predicted octanol–water partition coefficient (Wildman–Crippen LogP) is 2.33. The Morgan fingerprint density at radius 1 is 1.27 bits per heavy atom. The Morgan fingerprint density at radius 3 is 2.64 bits per heavy atom. The van der Waals surface area contributed by atoms with Crippen molar-refractivity contribution in [3.05, 3.63) is 42.3 Å². The minimum atomic E-state index is 0.800. The second-order valence-corrected chi connectivity index (χ2v) is 2.31. The van der Waals surface area contributed by atoms with E-state index >= 15 is 0 Å². The monoisotopic (exact) mass is 146 g/mol. The van der Waals surface area contributed by atoms with Gasteiger partial charge < -0.3 is 0 Å². The van der Waals surface area contributed by atoms with E-state index < -0.39 is 0 Å². The molecule has 0 saturated carbocycles. The maximum Gasteiger partial charge on any atom is 0.0418 e. The topological polar surface area (TPSA) is 12.4 Å². The molecule has 0 aliphatic carbocycles. The quantitative estimate of drug-likeness (QED) is 0.580. The van der Waals surface area contributed by atoms with Gasteiger partial charge in [0.05, 0.1) is 0 Å². The van der Waals surface area contributed by atoms with Crippen LogP contribution in [-0.4, -0.2) is 12.8 Å². The predicted molar refractivity (Wildman–Crippen MR) is 48.9 cm³/mol. The van der Waals surface area contributed by atoms with Gasteiger partial charge in [-0.2, -0.15) is 0 Å². The van der Waals surface area contributed by atoms with Gasteiger partial charge in [-0.25, -0.2) is 0 Å². The average Bonchev–Trinajstić information content (AvgIpc) is 2.07. The first-order valence-corrected chi connectivity index (χ1v) is 3.76. The van der Waals surface area contributed by atoms with Crippen LogP contribution in [0.15, 0.2) is 35.3 Å². The molecule has 57 valence electrons. The highest BCUT2D eigenvalue weighted by atomic mass is 14.7. The lowest BCUT2D eigenvalue weighted by atomic mass is 10.2. The Hall–Kier alpha value is -1.11.